The minimum atomic E-state index is -0.959. The first kappa shape index (κ1) is 17.3. The van der Waals surface area contributed by atoms with Gasteiger partial charge in [0.05, 0.1) is 18.6 Å². The number of benzene rings is 1. The maximum Gasteiger partial charge on any atom is 0.232 e. The molecule has 7 heteroatoms. The summed E-state index contributed by atoms with van der Waals surface area (Å²) in [5, 5.41) is 57.3. The molecule has 0 aromatic heterocycles. The number of aliphatic hydroxyl groups excluding tert-OH is 2. The Morgan fingerprint density at radius 1 is 0.792 bits per heavy atom. The zero-order chi connectivity index (χ0) is 17.9. The molecule has 0 saturated heterocycles. The van der Waals surface area contributed by atoms with Crippen molar-refractivity contribution in [2.45, 2.75) is 0 Å². The Balaban J connectivity index is 3.03. The lowest BCUT2D eigenvalue weighted by atomic mass is 10.0. The number of rotatable bonds is 4. The van der Waals surface area contributed by atoms with Gasteiger partial charge in [0, 0.05) is 16.5 Å². The van der Waals surface area contributed by atoms with Gasteiger partial charge in [-0.15, -0.1) is 0 Å². The summed E-state index contributed by atoms with van der Waals surface area (Å²) in [5.74, 6) is -3.12. The summed E-state index contributed by atoms with van der Waals surface area (Å²) in [4.78, 5) is 12.4. The van der Waals surface area contributed by atoms with Crippen molar-refractivity contribution < 1.29 is 30.6 Å². The molecule has 0 spiro atoms. The molecule has 0 radical (unpaired) electrons. The molecule has 7 nitrogen and oxygen atoms in total. The molecule has 0 fully saturated rings. The monoisotopic (exact) mass is 332 g/mol. The predicted molar refractivity (Wildman–Crippen MR) is 89.1 cm³/mol. The maximum absolute atomic E-state index is 12.4. The molecule has 0 heterocycles. The van der Waals surface area contributed by atoms with E-state index in [2.05, 4.69) is 0 Å². The van der Waals surface area contributed by atoms with Crippen molar-refractivity contribution >= 4 is 22.9 Å². The van der Waals surface area contributed by atoms with Crippen LogP contribution in [0.15, 0.2) is 29.1 Å². The summed E-state index contributed by atoms with van der Waals surface area (Å²) in [6.07, 6.45) is 5.17. The van der Waals surface area contributed by atoms with Crippen molar-refractivity contribution in [3.8, 4) is 23.0 Å². The van der Waals surface area contributed by atoms with Crippen molar-refractivity contribution in [2.75, 3.05) is 13.2 Å². The van der Waals surface area contributed by atoms with E-state index in [9.17, 15) is 25.2 Å². The van der Waals surface area contributed by atoms with E-state index in [1.165, 1.54) is 36.4 Å². The minimum Gasteiger partial charge on any atom is -0.504 e. The molecule has 0 aliphatic heterocycles. The number of fused-ring (bicyclic) bond motifs is 1. The molecular weight excluding hydrogens is 316 g/mol. The van der Waals surface area contributed by atoms with Crippen molar-refractivity contribution in [3.05, 3.63) is 45.6 Å². The van der Waals surface area contributed by atoms with Gasteiger partial charge in [0.2, 0.25) is 11.2 Å². The summed E-state index contributed by atoms with van der Waals surface area (Å²) in [5.41, 5.74) is -0.876. The average Bonchev–Trinajstić information content (AvgIpc) is 2.69. The lowest BCUT2D eigenvalue weighted by Gasteiger charge is -2.08. The Hall–Kier alpha value is -3.03. The van der Waals surface area contributed by atoms with E-state index in [0.29, 0.717) is 0 Å². The Morgan fingerprint density at radius 2 is 1.42 bits per heavy atom. The molecule has 2 rings (SSSR count). The molecule has 2 aromatic rings. The molecule has 0 bridgehead atoms. The third-order valence-corrected chi connectivity index (χ3v) is 3.44. The number of hydrogen-bond acceptors (Lipinski definition) is 7. The van der Waals surface area contributed by atoms with Gasteiger partial charge in [-0.2, -0.15) is 0 Å². The van der Waals surface area contributed by atoms with E-state index >= 15 is 0 Å². The van der Waals surface area contributed by atoms with E-state index < -0.39 is 28.4 Å². The van der Waals surface area contributed by atoms with Crippen molar-refractivity contribution in [2.24, 2.45) is 0 Å². The first-order chi connectivity index (χ1) is 11.4. The smallest absolute Gasteiger partial charge is 0.232 e. The molecule has 0 saturated carbocycles. The second-order valence-electron chi connectivity index (χ2n) is 4.88. The quantitative estimate of drug-likeness (QED) is 0.460. The molecule has 24 heavy (non-hydrogen) atoms. The first-order valence-corrected chi connectivity index (χ1v) is 6.95. The van der Waals surface area contributed by atoms with Crippen molar-refractivity contribution in [3.63, 3.8) is 0 Å². The molecule has 6 N–H and O–H groups in total. The van der Waals surface area contributed by atoms with Gasteiger partial charge in [0.1, 0.15) is 0 Å². The Morgan fingerprint density at radius 3 is 2.04 bits per heavy atom. The predicted octanol–water partition coefficient (Wildman–Crippen LogP) is 1.03. The maximum atomic E-state index is 12.4. The average molecular weight is 332 g/mol. The molecule has 0 unspecified atom stereocenters. The lowest BCUT2D eigenvalue weighted by molar-refractivity contribution is 0.343. The highest BCUT2D eigenvalue weighted by Crippen LogP contribution is 2.44. The standard InChI is InChI=1S/C17H16O7/c18-7-1-3-9-5-6-10-11(4-2-8-19)14(21)17(24)16(23)12(10)15(22)13(9)20/h1-6,18-19,21,23-24H,7-8H2,(H,20,22). The SMILES string of the molecule is O=c1c(O)c(C=CCO)ccc2c(C=CCO)c(O)c(O)c(O)c12. The van der Waals surface area contributed by atoms with Gasteiger partial charge in [0.25, 0.3) is 0 Å². The normalized spacial score (nSPS) is 11.8. The number of aliphatic hydroxyl groups is 2. The summed E-state index contributed by atoms with van der Waals surface area (Å²) >= 11 is 0. The molecule has 0 atom stereocenters. The highest BCUT2D eigenvalue weighted by atomic mass is 16.3. The zero-order valence-electron chi connectivity index (χ0n) is 12.5. The Kier molecular flexibility index (Phi) is 5.08. The van der Waals surface area contributed by atoms with Crippen molar-refractivity contribution in [1.82, 2.24) is 0 Å². The van der Waals surface area contributed by atoms with Crippen LogP contribution in [0, 0.1) is 0 Å². The summed E-state index contributed by atoms with van der Waals surface area (Å²) in [7, 11) is 0. The molecule has 0 aliphatic rings. The fraction of sp³-hybridized carbons (Fsp3) is 0.118. The highest BCUT2D eigenvalue weighted by molar-refractivity contribution is 6.00. The molecule has 2 aromatic carbocycles. The summed E-state index contributed by atoms with van der Waals surface area (Å²) in [6.45, 7) is -0.648. The van der Waals surface area contributed by atoms with Crippen LogP contribution in [-0.2, 0) is 0 Å². The van der Waals surface area contributed by atoms with E-state index in [-0.39, 0.29) is 35.1 Å². The van der Waals surface area contributed by atoms with Crippen LogP contribution in [0.1, 0.15) is 11.1 Å². The second-order valence-corrected chi connectivity index (χ2v) is 4.88. The van der Waals surface area contributed by atoms with Gasteiger partial charge < -0.3 is 30.6 Å². The Bertz CT molecular complexity index is 898. The van der Waals surface area contributed by atoms with Crippen molar-refractivity contribution in [1.29, 1.82) is 0 Å². The van der Waals surface area contributed by atoms with Crippen LogP contribution < -0.4 is 5.43 Å². The fourth-order valence-electron chi connectivity index (χ4n) is 2.31. The van der Waals surface area contributed by atoms with E-state index in [0.717, 1.165) is 0 Å². The van der Waals surface area contributed by atoms with Crippen LogP contribution >= 0.6 is 0 Å². The molecule has 126 valence electrons. The summed E-state index contributed by atoms with van der Waals surface area (Å²) in [6, 6.07) is 2.72. The van der Waals surface area contributed by atoms with Crippen LogP contribution in [0.25, 0.3) is 22.9 Å². The summed E-state index contributed by atoms with van der Waals surface area (Å²) < 4.78 is 0. The highest BCUT2D eigenvalue weighted by Gasteiger charge is 2.20. The minimum absolute atomic E-state index is 0.000798. The second kappa shape index (κ2) is 7.03. The van der Waals surface area contributed by atoms with Crippen LogP contribution in [0.3, 0.4) is 0 Å². The van der Waals surface area contributed by atoms with Gasteiger partial charge in [-0.05, 0) is 0 Å². The van der Waals surface area contributed by atoms with Crippen LogP contribution in [0.5, 0.6) is 23.0 Å². The largest absolute Gasteiger partial charge is 0.504 e. The number of aromatic hydroxyl groups is 4. The zero-order valence-corrected chi connectivity index (χ0v) is 12.5. The van der Waals surface area contributed by atoms with E-state index in [1.807, 2.05) is 0 Å². The third kappa shape index (κ3) is 2.90. The van der Waals surface area contributed by atoms with Gasteiger partial charge in [-0.25, -0.2) is 0 Å². The van der Waals surface area contributed by atoms with Gasteiger partial charge in [0.15, 0.2) is 17.2 Å². The number of phenols is 3. The first-order valence-electron chi connectivity index (χ1n) is 6.95. The van der Waals surface area contributed by atoms with E-state index in [4.69, 9.17) is 10.2 Å². The number of phenolic OH excluding ortho intramolecular Hbond substituents is 3. The Labute approximate surface area is 136 Å². The van der Waals surface area contributed by atoms with Gasteiger partial charge in [-0.3, -0.25) is 4.79 Å². The van der Waals surface area contributed by atoms with Gasteiger partial charge >= 0.3 is 0 Å². The molecular formula is C17H16O7. The van der Waals surface area contributed by atoms with Crippen LogP contribution in [0.4, 0.5) is 0 Å². The van der Waals surface area contributed by atoms with Crippen LogP contribution in [0.2, 0.25) is 0 Å². The molecule has 0 amide bonds. The topological polar surface area (TPSA) is 138 Å². The lowest BCUT2D eigenvalue weighted by Crippen LogP contribution is -2.00. The molecule has 0 aliphatic carbocycles. The third-order valence-electron chi connectivity index (χ3n) is 3.44. The fourth-order valence-corrected chi connectivity index (χ4v) is 2.31. The van der Waals surface area contributed by atoms with E-state index in [1.54, 1.807) is 0 Å². The van der Waals surface area contributed by atoms with Crippen LogP contribution in [-0.4, -0.2) is 43.9 Å². The number of hydrogen-bond donors (Lipinski definition) is 6. The van der Waals surface area contributed by atoms with Gasteiger partial charge in [-0.1, -0.05) is 36.4 Å².